The van der Waals surface area contributed by atoms with E-state index >= 15 is 0 Å². The predicted molar refractivity (Wildman–Crippen MR) is 121 cm³/mol. The molecule has 1 unspecified atom stereocenters. The van der Waals surface area contributed by atoms with Crippen molar-refractivity contribution < 1.29 is 24.9 Å². The van der Waals surface area contributed by atoms with Crippen molar-refractivity contribution in [2.75, 3.05) is 0 Å². The fourth-order valence-corrected chi connectivity index (χ4v) is 4.36. The standard InChI is InChI=1S/C25H48O5/c1-2-3-4-5-6-7-8-9-10-11-12-13-14-15-16-17-25(29)30-24-20-22(27)18-21(26)19-23(24)28/h21-24,26-28H,2-20H2,1H3/t21-,22?,23-,24+/m0/s1. The molecule has 0 aromatic rings. The smallest absolute Gasteiger partial charge is 0.306 e. The lowest BCUT2D eigenvalue weighted by atomic mass is 10.0. The van der Waals surface area contributed by atoms with Crippen LogP contribution in [-0.4, -0.2) is 45.7 Å². The summed E-state index contributed by atoms with van der Waals surface area (Å²) < 4.78 is 5.36. The van der Waals surface area contributed by atoms with E-state index in [0.717, 1.165) is 19.3 Å². The van der Waals surface area contributed by atoms with Gasteiger partial charge in [-0.2, -0.15) is 0 Å². The SMILES string of the molecule is CCCCCCCCCCCCCCCCCC(=O)O[C@@H]1CC(O)C[C@H](O)C[C@@H]1O. The maximum Gasteiger partial charge on any atom is 0.306 e. The third kappa shape index (κ3) is 14.4. The highest BCUT2D eigenvalue weighted by Gasteiger charge is 2.32. The number of ether oxygens (including phenoxy) is 1. The van der Waals surface area contributed by atoms with Gasteiger partial charge < -0.3 is 20.1 Å². The molecule has 1 fully saturated rings. The van der Waals surface area contributed by atoms with Gasteiger partial charge in [-0.15, -0.1) is 0 Å². The molecule has 0 spiro atoms. The van der Waals surface area contributed by atoms with Gasteiger partial charge in [-0.1, -0.05) is 96.8 Å². The molecule has 1 aliphatic rings. The molecule has 0 aliphatic heterocycles. The first kappa shape index (κ1) is 27.4. The Labute approximate surface area is 184 Å². The Balaban J connectivity index is 1.90. The van der Waals surface area contributed by atoms with Gasteiger partial charge in [-0.25, -0.2) is 0 Å². The summed E-state index contributed by atoms with van der Waals surface area (Å²) in [4.78, 5) is 12.0. The summed E-state index contributed by atoms with van der Waals surface area (Å²) >= 11 is 0. The van der Waals surface area contributed by atoms with Gasteiger partial charge in [0.15, 0.2) is 0 Å². The number of carbonyl (C=O) groups is 1. The summed E-state index contributed by atoms with van der Waals surface area (Å²) in [5.41, 5.74) is 0. The zero-order valence-corrected chi connectivity index (χ0v) is 19.4. The lowest BCUT2D eigenvalue weighted by Gasteiger charge is -2.22. The van der Waals surface area contributed by atoms with E-state index in [-0.39, 0.29) is 25.2 Å². The second-order valence-electron chi connectivity index (χ2n) is 9.31. The molecule has 5 nitrogen and oxygen atoms in total. The zero-order valence-electron chi connectivity index (χ0n) is 19.4. The van der Waals surface area contributed by atoms with Crippen molar-refractivity contribution >= 4 is 5.97 Å². The molecule has 3 N–H and O–H groups in total. The maximum atomic E-state index is 12.0. The minimum atomic E-state index is -0.901. The minimum absolute atomic E-state index is 0.147. The minimum Gasteiger partial charge on any atom is -0.459 e. The summed E-state index contributed by atoms with van der Waals surface area (Å²) in [5, 5.41) is 29.5. The summed E-state index contributed by atoms with van der Waals surface area (Å²) in [5.74, 6) is -0.308. The number of aliphatic hydroxyl groups is 3. The third-order valence-electron chi connectivity index (χ3n) is 6.26. The van der Waals surface area contributed by atoms with Crippen molar-refractivity contribution in [3.8, 4) is 0 Å². The fourth-order valence-electron chi connectivity index (χ4n) is 4.36. The van der Waals surface area contributed by atoms with Crippen molar-refractivity contribution in [1.82, 2.24) is 0 Å². The van der Waals surface area contributed by atoms with Crippen LogP contribution in [0.25, 0.3) is 0 Å². The molecule has 5 heteroatoms. The van der Waals surface area contributed by atoms with Crippen molar-refractivity contribution in [2.24, 2.45) is 0 Å². The number of unbranched alkanes of at least 4 members (excludes halogenated alkanes) is 14. The van der Waals surface area contributed by atoms with Gasteiger partial charge in [-0.3, -0.25) is 4.79 Å². The number of aliphatic hydroxyl groups excluding tert-OH is 3. The Morgan fingerprint density at radius 1 is 0.667 bits per heavy atom. The average Bonchev–Trinajstić information content (AvgIpc) is 2.81. The third-order valence-corrected chi connectivity index (χ3v) is 6.26. The van der Waals surface area contributed by atoms with Crippen LogP contribution in [0.3, 0.4) is 0 Å². The zero-order chi connectivity index (χ0) is 22.0. The van der Waals surface area contributed by atoms with Crippen LogP contribution < -0.4 is 0 Å². The maximum absolute atomic E-state index is 12.0. The first-order chi connectivity index (χ1) is 14.5. The van der Waals surface area contributed by atoms with Crippen LogP contribution in [-0.2, 0) is 9.53 Å². The van der Waals surface area contributed by atoms with E-state index < -0.39 is 24.4 Å². The molecule has 0 aromatic heterocycles. The summed E-state index contributed by atoms with van der Waals surface area (Å²) in [6.45, 7) is 2.26. The van der Waals surface area contributed by atoms with E-state index in [0.29, 0.717) is 6.42 Å². The van der Waals surface area contributed by atoms with E-state index in [1.807, 2.05) is 0 Å². The van der Waals surface area contributed by atoms with Gasteiger partial charge in [0.1, 0.15) is 6.10 Å². The Kier molecular flexibility index (Phi) is 16.4. The average molecular weight is 429 g/mol. The summed E-state index contributed by atoms with van der Waals surface area (Å²) in [6, 6.07) is 0. The second kappa shape index (κ2) is 18.0. The molecule has 0 amide bonds. The normalized spacial score (nSPS) is 24.5. The van der Waals surface area contributed by atoms with Gasteiger partial charge >= 0.3 is 5.97 Å². The summed E-state index contributed by atoms with van der Waals surface area (Å²) in [6.07, 6.45) is 17.1. The first-order valence-electron chi connectivity index (χ1n) is 12.8. The molecule has 178 valence electrons. The van der Waals surface area contributed by atoms with Gasteiger partial charge in [0.25, 0.3) is 0 Å². The van der Waals surface area contributed by atoms with Gasteiger partial charge in [-0.05, 0) is 12.8 Å². The fraction of sp³-hybridized carbons (Fsp3) is 0.960. The van der Waals surface area contributed by atoms with E-state index in [9.17, 15) is 20.1 Å². The lowest BCUT2D eigenvalue weighted by Crippen LogP contribution is -2.33. The number of hydrogen-bond acceptors (Lipinski definition) is 5. The molecule has 0 aromatic carbocycles. The van der Waals surface area contributed by atoms with Crippen molar-refractivity contribution in [3.63, 3.8) is 0 Å². The molecule has 1 aliphatic carbocycles. The van der Waals surface area contributed by atoms with Crippen LogP contribution in [0, 0.1) is 0 Å². The molecule has 0 bridgehead atoms. The van der Waals surface area contributed by atoms with Gasteiger partial charge in [0.2, 0.25) is 0 Å². The second-order valence-corrected chi connectivity index (χ2v) is 9.31. The predicted octanol–water partition coefficient (Wildman–Crippen LogP) is 5.43. The molecule has 1 rings (SSSR count). The Bertz CT molecular complexity index is 414. The van der Waals surface area contributed by atoms with Crippen LogP contribution in [0.5, 0.6) is 0 Å². The van der Waals surface area contributed by atoms with Crippen molar-refractivity contribution in [2.45, 2.75) is 153 Å². The highest BCUT2D eigenvalue weighted by molar-refractivity contribution is 5.69. The van der Waals surface area contributed by atoms with Crippen molar-refractivity contribution in [1.29, 1.82) is 0 Å². The lowest BCUT2D eigenvalue weighted by molar-refractivity contribution is -0.157. The Hall–Kier alpha value is -0.650. The van der Waals surface area contributed by atoms with E-state index in [1.54, 1.807) is 0 Å². The molecular weight excluding hydrogens is 380 g/mol. The topological polar surface area (TPSA) is 87.0 Å². The summed E-state index contributed by atoms with van der Waals surface area (Å²) in [7, 11) is 0. The number of hydrogen-bond donors (Lipinski definition) is 3. The monoisotopic (exact) mass is 428 g/mol. The van der Waals surface area contributed by atoms with Crippen LogP contribution in [0.4, 0.5) is 0 Å². The van der Waals surface area contributed by atoms with Crippen LogP contribution >= 0.6 is 0 Å². The molecular formula is C25H48O5. The molecule has 0 radical (unpaired) electrons. The van der Waals surface area contributed by atoms with Crippen LogP contribution in [0.15, 0.2) is 0 Å². The molecule has 4 atom stereocenters. The van der Waals surface area contributed by atoms with Gasteiger partial charge in [0.05, 0.1) is 18.3 Å². The number of esters is 1. The Morgan fingerprint density at radius 2 is 1.10 bits per heavy atom. The molecule has 0 saturated heterocycles. The van der Waals surface area contributed by atoms with E-state index in [4.69, 9.17) is 4.74 Å². The molecule has 1 saturated carbocycles. The molecule has 0 heterocycles. The van der Waals surface area contributed by atoms with E-state index in [1.165, 1.54) is 77.0 Å². The highest BCUT2D eigenvalue weighted by Crippen LogP contribution is 2.22. The first-order valence-corrected chi connectivity index (χ1v) is 12.8. The number of rotatable bonds is 17. The largest absolute Gasteiger partial charge is 0.459 e. The highest BCUT2D eigenvalue weighted by atomic mass is 16.6. The number of carbonyl (C=O) groups excluding carboxylic acids is 1. The van der Waals surface area contributed by atoms with E-state index in [2.05, 4.69) is 6.92 Å². The quantitative estimate of drug-likeness (QED) is 0.163. The van der Waals surface area contributed by atoms with Crippen molar-refractivity contribution in [3.05, 3.63) is 0 Å². The Morgan fingerprint density at radius 3 is 1.60 bits per heavy atom. The molecule has 30 heavy (non-hydrogen) atoms. The van der Waals surface area contributed by atoms with Crippen LogP contribution in [0.2, 0.25) is 0 Å². The van der Waals surface area contributed by atoms with Crippen LogP contribution in [0.1, 0.15) is 129 Å². The van der Waals surface area contributed by atoms with Gasteiger partial charge in [0, 0.05) is 19.3 Å².